The molecule has 1 aromatic carbocycles. The number of anilines is 2. The number of carbonyl (C=O) groups is 2. The second-order valence-corrected chi connectivity index (χ2v) is 7.93. The Labute approximate surface area is 192 Å². The Kier molecular flexibility index (Phi) is 7.26. The van der Waals surface area contributed by atoms with Gasteiger partial charge in [0.1, 0.15) is 18.7 Å². The number of nitrogens with one attached hydrogen (secondary N) is 2. The quantitative estimate of drug-likeness (QED) is 0.546. The van der Waals surface area contributed by atoms with Crippen LogP contribution >= 0.6 is 0 Å². The zero-order chi connectivity index (χ0) is 23.0. The van der Waals surface area contributed by atoms with Gasteiger partial charge < -0.3 is 20.3 Å². The van der Waals surface area contributed by atoms with Gasteiger partial charge in [-0.3, -0.25) is 9.78 Å². The molecule has 10 nitrogen and oxygen atoms in total. The molecule has 2 N–H and O–H groups in total. The smallest absolute Gasteiger partial charge is 0.322 e. The fraction of sp³-hybridized carbons (Fsp3) is 0.348. The third kappa shape index (κ3) is 6.13. The van der Waals surface area contributed by atoms with Gasteiger partial charge >= 0.3 is 6.03 Å². The third-order valence-electron chi connectivity index (χ3n) is 5.45. The summed E-state index contributed by atoms with van der Waals surface area (Å²) in [6, 6.07) is 10.1. The molecule has 0 bridgehead atoms. The Bertz CT molecular complexity index is 1040. The van der Waals surface area contributed by atoms with E-state index in [1.807, 2.05) is 12.1 Å². The van der Waals surface area contributed by atoms with E-state index in [4.69, 9.17) is 4.74 Å². The van der Waals surface area contributed by atoms with Crippen molar-refractivity contribution in [2.24, 2.45) is 0 Å². The molecule has 0 unspecified atom stereocenters. The molecule has 2 aromatic heterocycles. The van der Waals surface area contributed by atoms with Gasteiger partial charge in [-0.15, -0.1) is 0 Å². The highest BCUT2D eigenvalue weighted by atomic mass is 16.5. The van der Waals surface area contributed by atoms with Gasteiger partial charge in [-0.2, -0.15) is 5.10 Å². The fourth-order valence-corrected chi connectivity index (χ4v) is 3.59. The minimum Gasteiger partial charge on any atom is -0.376 e. The van der Waals surface area contributed by atoms with E-state index in [0.29, 0.717) is 24.5 Å². The van der Waals surface area contributed by atoms with Gasteiger partial charge in [-0.05, 0) is 55.7 Å². The van der Waals surface area contributed by atoms with Gasteiger partial charge in [0.2, 0.25) is 5.91 Å². The molecule has 0 spiro atoms. The molecular formula is C23H27N7O3. The van der Waals surface area contributed by atoms with Gasteiger partial charge in [-0.25, -0.2) is 14.5 Å². The number of ether oxygens (including phenoxy) is 1. The molecular weight excluding hydrogens is 422 g/mol. The Morgan fingerprint density at radius 1 is 1.18 bits per heavy atom. The van der Waals surface area contributed by atoms with Gasteiger partial charge in [0.05, 0.1) is 6.10 Å². The van der Waals surface area contributed by atoms with Crippen LogP contribution in [0.5, 0.6) is 0 Å². The predicted molar refractivity (Wildman–Crippen MR) is 122 cm³/mol. The highest BCUT2D eigenvalue weighted by Gasteiger charge is 2.23. The summed E-state index contributed by atoms with van der Waals surface area (Å²) < 4.78 is 7.21. The Balaban J connectivity index is 1.37. The number of carbonyl (C=O) groups excluding carboxylic acids is 2. The predicted octanol–water partition coefficient (Wildman–Crippen LogP) is 3.09. The molecule has 1 aliphatic heterocycles. The lowest BCUT2D eigenvalue weighted by molar-refractivity contribution is -0.119. The molecule has 1 fully saturated rings. The van der Waals surface area contributed by atoms with Gasteiger partial charge in [0, 0.05) is 43.5 Å². The largest absolute Gasteiger partial charge is 0.376 e. The Hall–Kier alpha value is -3.79. The van der Waals surface area contributed by atoms with Crippen molar-refractivity contribution in [3.63, 3.8) is 0 Å². The molecule has 3 aromatic rings. The molecule has 172 valence electrons. The number of urea groups is 1. The van der Waals surface area contributed by atoms with E-state index >= 15 is 0 Å². The van der Waals surface area contributed by atoms with Crippen molar-refractivity contribution < 1.29 is 14.3 Å². The van der Waals surface area contributed by atoms with Crippen molar-refractivity contribution >= 4 is 23.3 Å². The van der Waals surface area contributed by atoms with Crippen molar-refractivity contribution in [2.45, 2.75) is 38.5 Å². The van der Waals surface area contributed by atoms with Crippen LogP contribution in [-0.4, -0.2) is 55.8 Å². The fourth-order valence-electron chi connectivity index (χ4n) is 3.59. The maximum Gasteiger partial charge on any atom is 0.322 e. The summed E-state index contributed by atoms with van der Waals surface area (Å²) in [5.41, 5.74) is 2.20. The molecule has 0 saturated carbocycles. The Morgan fingerprint density at radius 2 is 1.97 bits per heavy atom. The van der Waals surface area contributed by atoms with Crippen molar-refractivity contribution in [2.75, 3.05) is 23.8 Å². The first kappa shape index (κ1) is 22.4. The van der Waals surface area contributed by atoms with Crippen LogP contribution in [-0.2, 0) is 16.1 Å². The zero-order valence-electron chi connectivity index (χ0n) is 18.4. The molecule has 2 atom stereocenters. The van der Waals surface area contributed by atoms with E-state index in [1.165, 1.54) is 17.3 Å². The lowest BCUT2D eigenvalue weighted by Crippen LogP contribution is -2.39. The van der Waals surface area contributed by atoms with Crippen LogP contribution in [0.25, 0.3) is 0 Å². The van der Waals surface area contributed by atoms with E-state index in [1.54, 1.807) is 48.5 Å². The normalized spacial score (nSPS) is 16.2. The number of aromatic nitrogens is 4. The lowest BCUT2D eigenvalue weighted by atomic mass is 10.2. The molecule has 1 aliphatic rings. The van der Waals surface area contributed by atoms with E-state index < -0.39 is 6.04 Å². The van der Waals surface area contributed by atoms with E-state index in [9.17, 15) is 9.59 Å². The number of benzene rings is 1. The minimum atomic E-state index is -0.495. The maximum atomic E-state index is 13.0. The van der Waals surface area contributed by atoms with Crippen molar-refractivity contribution in [1.82, 2.24) is 24.6 Å². The monoisotopic (exact) mass is 449 g/mol. The molecule has 0 radical (unpaired) electrons. The number of rotatable bonds is 8. The minimum absolute atomic E-state index is 0.0389. The van der Waals surface area contributed by atoms with Crippen LogP contribution < -0.4 is 10.6 Å². The van der Waals surface area contributed by atoms with Crippen LogP contribution in [0.2, 0.25) is 0 Å². The van der Waals surface area contributed by atoms with Crippen LogP contribution in [0.15, 0.2) is 61.4 Å². The summed E-state index contributed by atoms with van der Waals surface area (Å²) in [7, 11) is 0. The molecule has 1 saturated heterocycles. The summed E-state index contributed by atoms with van der Waals surface area (Å²) >= 11 is 0. The number of hydrogen-bond acceptors (Lipinski definition) is 6. The summed E-state index contributed by atoms with van der Waals surface area (Å²) in [4.78, 5) is 35.2. The number of pyridine rings is 1. The van der Waals surface area contributed by atoms with Crippen molar-refractivity contribution in [3.8, 4) is 0 Å². The summed E-state index contributed by atoms with van der Waals surface area (Å²) in [5, 5.41) is 9.77. The van der Waals surface area contributed by atoms with Crippen molar-refractivity contribution in [1.29, 1.82) is 0 Å². The average molecular weight is 450 g/mol. The second-order valence-electron chi connectivity index (χ2n) is 7.93. The van der Waals surface area contributed by atoms with Crippen LogP contribution in [0, 0.1) is 0 Å². The first-order valence-electron chi connectivity index (χ1n) is 10.9. The molecule has 33 heavy (non-hydrogen) atoms. The first-order valence-corrected chi connectivity index (χ1v) is 10.9. The number of amides is 3. The van der Waals surface area contributed by atoms with Crippen molar-refractivity contribution in [3.05, 3.63) is 67.0 Å². The molecule has 4 rings (SSSR count). The highest BCUT2D eigenvalue weighted by Crippen LogP contribution is 2.18. The number of nitrogens with zero attached hydrogens (tertiary/aromatic N) is 5. The lowest BCUT2D eigenvalue weighted by Gasteiger charge is -2.26. The molecule has 10 heteroatoms. The molecule has 3 amide bonds. The standard InChI is InChI=1S/C23H27N7O3/c1-17(30-16-25-15-26-30)22(31)27-19-6-8-20(9-7-19)28-23(32)29(14-21-5-3-11-33-21)13-18-4-2-10-24-12-18/h2,4,6-10,12,15-17,21H,3,5,11,13-14H2,1H3,(H,27,31)(H,28,32)/t17-,21-/m1/s1. The highest BCUT2D eigenvalue weighted by molar-refractivity contribution is 5.94. The number of hydrogen-bond donors (Lipinski definition) is 2. The summed E-state index contributed by atoms with van der Waals surface area (Å²) in [6.07, 6.45) is 8.34. The summed E-state index contributed by atoms with van der Waals surface area (Å²) in [5.74, 6) is -0.212. The SMILES string of the molecule is C[C@H](C(=O)Nc1ccc(NC(=O)N(Cc2cccnc2)C[C@H]2CCCO2)cc1)n1cncn1. The Morgan fingerprint density at radius 3 is 2.61 bits per heavy atom. The van der Waals surface area contributed by atoms with E-state index in [2.05, 4.69) is 25.7 Å². The zero-order valence-corrected chi connectivity index (χ0v) is 18.4. The topological polar surface area (TPSA) is 114 Å². The van der Waals surface area contributed by atoms with Gasteiger partial charge in [0.15, 0.2) is 0 Å². The van der Waals surface area contributed by atoms with Gasteiger partial charge in [-0.1, -0.05) is 6.07 Å². The third-order valence-corrected chi connectivity index (χ3v) is 5.45. The molecule has 0 aliphatic carbocycles. The van der Waals surface area contributed by atoms with Gasteiger partial charge in [0.25, 0.3) is 0 Å². The average Bonchev–Trinajstić information content (AvgIpc) is 3.55. The van der Waals surface area contributed by atoms with Crippen LogP contribution in [0.4, 0.5) is 16.2 Å². The first-order chi connectivity index (χ1) is 16.1. The van der Waals surface area contributed by atoms with Crippen LogP contribution in [0.1, 0.15) is 31.4 Å². The molecule has 3 heterocycles. The second kappa shape index (κ2) is 10.7. The van der Waals surface area contributed by atoms with E-state index in [0.717, 1.165) is 25.0 Å². The maximum absolute atomic E-state index is 13.0. The summed E-state index contributed by atoms with van der Waals surface area (Å²) in [6.45, 7) is 3.42. The van der Waals surface area contributed by atoms with Crippen LogP contribution in [0.3, 0.4) is 0 Å². The van der Waals surface area contributed by atoms with E-state index in [-0.39, 0.29) is 18.0 Å².